The van der Waals surface area contributed by atoms with E-state index in [0.717, 1.165) is 19.3 Å². The summed E-state index contributed by atoms with van der Waals surface area (Å²) in [5.74, 6) is 0.393. The van der Waals surface area contributed by atoms with Crippen LogP contribution in [0.1, 0.15) is 47.0 Å². The molecule has 2 atom stereocenters. The van der Waals surface area contributed by atoms with Gasteiger partial charge >= 0.3 is 0 Å². The first-order valence-corrected chi connectivity index (χ1v) is 5.47. The zero-order valence-electron chi connectivity index (χ0n) is 9.71. The molecule has 0 saturated heterocycles. The molecule has 0 aromatic carbocycles. The van der Waals surface area contributed by atoms with Crippen molar-refractivity contribution in [3.8, 4) is 0 Å². The Labute approximate surface area is 87.0 Å². The fourth-order valence-corrected chi connectivity index (χ4v) is 1.21. The number of aliphatic hydroxyl groups is 1. The molecule has 0 spiro atoms. The van der Waals surface area contributed by atoms with Gasteiger partial charge in [-0.2, -0.15) is 0 Å². The van der Waals surface area contributed by atoms with Crippen LogP contribution in [0.3, 0.4) is 0 Å². The van der Waals surface area contributed by atoms with Crippen LogP contribution in [0, 0.1) is 11.8 Å². The number of rotatable bonds is 6. The van der Waals surface area contributed by atoms with Crippen LogP contribution in [0.15, 0.2) is 11.8 Å². The lowest BCUT2D eigenvalue weighted by Gasteiger charge is -2.10. The molecule has 2 nitrogen and oxygen atoms in total. The minimum absolute atomic E-state index is 0.0194. The predicted molar refractivity (Wildman–Crippen MR) is 59.2 cm³/mol. The van der Waals surface area contributed by atoms with Crippen LogP contribution in [-0.4, -0.2) is 10.9 Å². The van der Waals surface area contributed by atoms with Gasteiger partial charge in [0.05, 0.1) is 5.76 Å². The molecule has 0 radical (unpaired) electrons. The number of hydrogen-bond donors (Lipinski definition) is 1. The van der Waals surface area contributed by atoms with Crippen molar-refractivity contribution in [2.75, 3.05) is 0 Å². The Morgan fingerprint density at radius 3 is 2.29 bits per heavy atom. The summed E-state index contributed by atoms with van der Waals surface area (Å²) in [5.41, 5.74) is 0. The monoisotopic (exact) mass is 198 g/mol. The fraction of sp³-hybridized carbons (Fsp3) is 0.750. The molecular formula is C12H22O2. The summed E-state index contributed by atoms with van der Waals surface area (Å²) >= 11 is 0. The van der Waals surface area contributed by atoms with Gasteiger partial charge in [0.15, 0.2) is 5.78 Å². The zero-order valence-corrected chi connectivity index (χ0v) is 9.71. The summed E-state index contributed by atoms with van der Waals surface area (Å²) in [6.45, 7) is 7.87. The minimum Gasteiger partial charge on any atom is -0.512 e. The van der Waals surface area contributed by atoms with Crippen LogP contribution in [-0.2, 0) is 4.79 Å². The molecule has 2 heteroatoms. The van der Waals surface area contributed by atoms with Crippen LogP contribution in [0.25, 0.3) is 0 Å². The maximum Gasteiger partial charge on any atom is 0.161 e. The van der Waals surface area contributed by atoms with Gasteiger partial charge in [-0.1, -0.05) is 34.1 Å². The first kappa shape index (κ1) is 13.2. The highest BCUT2D eigenvalue weighted by atomic mass is 16.3. The Kier molecular flexibility index (Phi) is 6.26. The molecule has 82 valence electrons. The molecular weight excluding hydrogens is 176 g/mol. The summed E-state index contributed by atoms with van der Waals surface area (Å²) in [4.78, 5) is 11.5. The maximum absolute atomic E-state index is 11.5. The van der Waals surface area contributed by atoms with E-state index in [4.69, 9.17) is 0 Å². The van der Waals surface area contributed by atoms with E-state index in [1.54, 1.807) is 0 Å². The molecule has 0 heterocycles. The Bertz CT molecular complexity index is 206. The summed E-state index contributed by atoms with van der Waals surface area (Å²) in [7, 11) is 0. The van der Waals surface area contributed by atoms with E-state index < -0.39 is 0 Å². The molecule has 0 fully saturated rings. The van der Waals surface area contributed by atoms with Gasteiger partial charge in [-0.3, -0.25) is 4.79 Å². The number of carbonyl (C=O) groups excluding carboxylic acids is 1. The van der Waals surface area contributed by atoms with Gasteiger partial charge in [0.2, 0.25) is 0 Å². The van der Waals surface area contributed by atoms with Crippen molar-refractivity contribution in [3.05, 3.63) is 11.8 Å². The van der Waals surface area contributed by atoms with Crippen molar-refractivity contribution in [2.24, 2.45) is 11.8 Å². The SMILES string of the molecule is CCCC(C)C(O)=CC(=O)C(C)CC. The minimum atomic E-state index is 0.0194. The first-order valence-electron chi connectivity index (χ1n) is 5.47. The van der Waals surface area contributed by atoms with Crippen molar-refractivity contribution < 1.29 is 9.90 Å². The Morgan fingerprint density at radius 2 is 1.86 bits per heavy atom. The van der Waals surface area contributed by atoms with Crippen molar-refractivity contribution in [2.45, 2.75) is 47.0 Å². The van der Waals surface area contributed by atoms with Gasteiger partial charge in [0, 0.05) is 17.9 Å². The molecule has 14 heavy (non-hydrogen) atoms. The van der Waals surface area contributed by atoms with E-state index in [9.17, 15) is 9.90 Å². The highest BCUT2D eigenvalue weighted by molar-refractivity contribution is 5.91. The average molecular weight is 198 g/mol. The summed E-state index contributed by atoms with van der Waals surface area (Å²) in [5, 5.41) is 9.60. The highest BCUT2D eigenvalue weighted by Crippen LogP contribution is 2.15. The van der Waals surface area contributed by atoms with Crippen molar-refractivity contribution in [1.82, 2.24) is 0 Å². The number of hydrogen-bond acceptors (Lipinski definition) is 2. The lowest BCUT2D eigenvalue weighted by Crippen LogP contribution is -2.09. The average Bonchev–Trinajstić information content (AvgIpc) is 2.16. The largest absolute Gasteiger partial charge is 0.512 e. The topological polar surface area (TPSA) is 37.3 Å². The van der Waals surface area contributed by atoms with Crippen molar-refractivity contribution in [1.29, 1.82) is 0 Å². The normalized spacial score (nSPS) is 16.4. The van der Waals surface area contributed by atoms with Gasteiger partial charge in [-0.05, 0) is 12.8 Å². The Balaban J connectivity index is 4.28. The zero-order chi connectivity index (χ0) is 11.1. The highest BCUT2D eigenvalue weighted by Gasteiger charge is 2.12. The predicted octanol–water partition coefficient (Wildman–Crippen LogP) is 3.48. The standard InChI is InChI=1S/C12H22O2/c1-5-7-10(4)12(14)8-11(13)9(3)6-2/h8-10,14H,5-7H2,1-4H3. The molecule has 0 rings (SSSR count). The summed E-state index contributed by atoms with van der Waals surface area (Å²) in [6, 6.07) is 0. The molecule has 0 aliphatic carbocycles. The van der Waals surface area contributed by atoms with E-state index in [2.05, 4.69) is 6.92 Å². The Morgan fingerprint density at radius 1 is 1.29 bits per heavy atom. The van der Waals surface area contributed by atoms with E-state index in [0.29, 0.717) is 0 Å². The van der Waals surface area contributed by atoms with E-state index in [1.807, 2.05) is 20.8 Å². The van der Waals surface area contributed by atoms with Gasteiger partial charge < -0.3 is 5.11 Å². The second kappa shape index (κ2) is 6.63. The van der Waals surface area contributed by atoms with Crippen LogP contribution in [0.4, 0.5) is 0 Å². The summed E-state index contributed by atoms with van der Waals surface area (Å²) in [6.07, 6.45) is 4.17. The lowest BCUT2D eigenvalue weighted by molar-refractivity contribution is -0.118. The molecule has 0 aliphatic rings. The van der Waals surface area contributed by atoms with Gasteiger partial charge in [0.1, 0.15) is 0 Å². The quantitative estimate of drug-likeness (QED) is 0.524. The number of carbonyl (C=O) groups is 1. The van der Waals surface area contributed by atoms with Crippen LogP contribution in [0.2, 0.25) is 0 Å². The summed E-state index contributed by atoms with van der Waals surface area (Å²) < 4.78 is 0. The van der Waals surface area contributed by atoms with Gasteiger partial charge in [-0.15, -0.1) is 0 Å². The second-order valence-electron chi connectivity index (χ2n) is 3.97. The van der Waals surface area contributed by atoms with Crippen LogP contribution >= 0.6 is 0 Å². The van der Waals surface area contributed by atoms with Gasteiger partial charge in [0.25, 0.3) is 0 Å². The molecule has 0 aliphatic heterocycles. The number of allylic oxidation sites excluding steroid dienone is 2. The van der Waals surface area contributed by atoms with E-state index in [-0.39, 0.29) is 23.4 Å². The van der Waals surface area contributed by atoms with Crippen LogP contribution < -0.4 is 0 Å². The maximum atomic E-state index is 11.5. The molecule has 0 aromatic heterocycles. The molecule has 0 bridgehead atoms. The van der Waals surface area contributed by atoms with E-state index in [1.165, 1.54) is 6.08 Å². The van der Waals surface area contributed by atoms with E-state index >= 15 is 0 Å². The second-order valence-corrected chi connectivity index (χ2v) is 3.97. The molecule has 1 N–H and O–H groups in total. The number of aliphatic hydroxyl groups excluding tert-OH is 1. The third-order valence-corrected chi connectivity index (χ3v) is 2.61. The third kappa shape index (κ3) is 4.45. The molecule has 0 amide bonds. The first-order chi connectivity index (χ1) is 6.52. The molecule has 0 saturated carbocycles. The molecule has 0 aromatic rings. The fourth-order valence-electron chi connectivity index (χ4n) is 1.21. The Hall–Kier alpha value is -0.790. The number of ketones is 1. The van der Waals surface area contributed by atoms with Crippen molar-refractivity contribution >= 4 is 5.78 Å². The van der Waals surface area contributed by atoms with Crippen molar-refractivity contribution in [3.63, 3.8) is 0 Å². The van der Waals surface area contributed by atoms with Crippen LogP contribution in [0.5, 0.6) is 0 Å². The molecule has 2 unspecified atom stereocenters. The smallest absolute Gasteiger partial charge is 0.161 e. The van der Waals surface area contributed by atoms with Gasteiger partial charge in [-0.25, -0.2) is 0 Å². The lowest BCUT2D eigenvalue weighted by atomic mass is 9.98. The third-order valence-electron chi connectivity index (χ3n) is 2.61.